The summed E-state index contributed by atoms with van der Waals surface area (Å²) in [4.78, 5) is 18.9. The Morgan fingerprint density at radius 1 is 1.38 bits per heavy atom. The molecule has 0 aromatic carbocycles. The van der Waals surface area contributed by atoms with Crippen molar-refractivity contribution in [1.82, 2.24) is 9.88 Å². The summed E-state index contributed by atoms with van der Waals surface area (Å²) < 4.78 is 5.57. The van der Waals surface area contributed by atoms with E-state index in [-0.39, 0.29) is 12.1 Å². The number of anilines is 1. The van der Waals surface area contributed by atoms with Crippen molar-refractivity contribution in [3.63, 3.8) is 0 Å². The fourth-order valence-corrected chi connectivity index (χ4v) is 2.92. The average molecular weight is 333 g/mol. The lowest BCUT2D eigenvalue weighted by Crippen LogP contribution is -2.41. The number of likely N-dealkylation sites (tertiary alicyclic amines) is 1. The molecule has 5 nitrogen and oxygen atoms in total. The molecule has 0 unspecified atom stereocenters. The van der Waals surface area contributed by atoms with E-state index in [2.05, 4.69) is 23.3 Å². The molecule has 1 aromatic heterocycles. The zero-order valence-corrected chi connectivity index (χ0v) is 15.5. The Hall–Kier alpha value is -1.78. The van der Waals surface area contributed by atoms with Crippen molar-refractivity contribution in [3.8, 4) is 0 Å². The Kier molecular flexibility index (Phi) is 6.46. The SMILES string of the molecule is CCCCNc1ccc([C@H]2CCCCN2C(=O)OC(C)(C)C)cn1. The minimum atomic E-state index is -0.468. The summed E-state index contributed by atoms with van der Waals surface area (Å²) >= 11 is 0. The van der Waals surface area contributed by atoms with Crippen molar-refractivity contribution in [2.45, 2.75) is 71.4 Å². The third kappa shape index (κ3) is 5.39. The molecule has 0 radical (unpaired) electrons. The van der Waals surface area contributed by atoms with Crippen molar-refractivity contribution in [2.75, 3.05) is 18.4 Å². The summed E-state index contributed by atoms with van der Waals surface area (Å²) in [5.74, 6) is 0.895. The van der Waals surface area contributed by atoms with Gasteiger partial charge < -0.3 is 15.0 Å². The normalized spacial score (nSPS) is 18.3. The quantitative estimate of drug-likeness (QED) is 0.790. The summed E-state index contributed by atoms with van der Waals surface area (Å²) in [6, 6.07) is 4.15. The molecular weight excluding hydrogens is 302 g/mol. The molecule has 2 heterocycles. The number of carbonyl (C=O) groups excluding carboxylic acids is 1. The molecule has 24 heavy (non-hydrogen) atoms. The predicted molar refractivity (Wildman–Crippen MR) is 97.2 cm³/mol. The van der Waals surface area contributed by atoms with Crippen LogP contribution in [0, 0.1) is 0 Å². The number of nitrogens with one attached hydrogen (secondary N) is 1. The maximum absolute atomic E-state index is 12.5. The Labute approximate surface area is 145 Å². The number of amides is 1. The fourth-order valence-electron chi connectivity index (χ4n) is 2.92. The summed E-state index contributed by atoms with van der Waals surface area (Å²) in [5, 5.41) is 3.32. The number of aromatic nitrogens is 1. The number of ether oxygens (including phenoxy) is 1. The number of unbranched alkanes of at least 4 members (excludes halogenated alkanes) is 1. The first-order valence-corrected chi connectivity index (χ1v) is 9.10. The van der Waals surface area contributed by atoms with Crippen LogP contribution in [-0.2, 0) is 4.74 Å². The first-order valence-electron chi connectivity index (χ1n) is 9.10. The molecule has 2 rings (SSSR count). The van der Waals surface area contributed by atoms with Crippen molar-refractivity contribution in [1.29, 1.82) is 0 Å². The van der Waals surface area contributed by atoms with Gasteiger partial charge in [-0.1, -0.05) is 19.4 Å². The van der Waals surface area contributed by atoms with Gasteiger partial charge in [0.1, 0.15) is 11.4 Å². The second kappa shape index (κ2) is 8.36. The second-order valence-corrected chi connectivity index (χ2v) is 7.44. The van der Waals surface area contributed by atoms with Crippen molar-refractivity contribution < 1.29 is 9.53 Å². The van der Waals surface area contributed by atoms with Crippen LogP contribution in [-0.4, -0.2) is 34.7 Å². The fraction of sp³-hybridized carbons (Fsp3) is 0.684. The maximum atomic E-state index is 12.5. The monoisotopic (exact) mass is 333 g/mol. The van der Waals surface area contributed by atoms with Crippen LogP contribution in [0.15, 0.2) is 18.3 Å². The predicted octanol–water partition coefficient (Wildman–Crippen LogP) is 4.76. The van der Waals surface area contributed by atoms with Crippen molar-refractivity contribution in [2.24, 2.45) is 0 Å². The third-order valence-corrected chi connectivity index (χ3v) is 4.14. The molecule has 1 aliphatic rings. The van der Waals surface area contributed by atoms with Gasteiger partial charge in [0.05, 0.1) is 6.04 Å². The van der Waals surface area contributed by atoms with Crippen LogP contribution < -0.4 is 5.32 Å². The van der Waals surface area contributed by atoms with Crippen LogP contribution in [0.25, 0.3) is 0 Å². The van der Waals surface area contributed by atoms with E-state index in [1.54, 1.807) is 0 Å². The lowest BCUT2D eigenvalue weighted by molar-refractivity contribution is 0.00948. The van der Waals surface area contributed by atoms with Crippen LogP contribution in [0.3, 0.4) is 0 Å². The van der Waals surface area contributed by atoms with Gasteiger partial charge >= 0.3 is 6.09 Å². The highest BCUT2D eigenvalue weighted by atomic mass is 16.6. The van der Waals surface area contributed by atoms with E-state index in [0.29, 0.717) is 0 Å². The first kappa shape index (κ1) is 18.6. The van der Waals surface area contributed by atoms with Crippen molar-refractivity contribution in [3.05, 3.63) is 23.9 Å². The summed E-state index contributed by atoms with van der Waals surface area (Å²) in [6.45, 7) is 9.57. The molecule has 0 aliphatic carbocycles. The lowest BCUT2D eigenvalue weighted by Gasteiger charge is -2.36. The lowest BCUT2D eigenvalue weighted by atomic mass is 9.97. The van der Waals surface area contributed by atoms with E-state index in [1.165, 1.54) is 0 Å². The zero-order chi connectivity index (χ0) is 17.6. The Morgan fingerprint density at radius 2 is 2.17 bits per heavy atom. The molecule has 5 heteroatoms. The number of hydrogen-bond donors (Lipinski definition) is 1. The minimum Gasteiger partial charge on any atom is -0.444 e. The van der Waals surface area contributed by atoms with Gasteiger partial charge in [-0.25, -0.2) is 9.78 Å². The molecule has 1 N–H and O–H groups in total. The van der Waals surface area contributed by atoms with E-state index in [4.69, 9.17) is 4.74 Å². The molecule has 1 fully saturated rings. The summed E-state index contributed by atoms with van der Waals surface area (Å²) in [5.41, 5.74) is 0.617. The summed E-state index contributed by atoms with van der Waals surface area (Å²) in [6.07, 6.45) is 7.08. The molecule has 1 saturated heterocycles. The zero-order valence-electron chi connectivity index (χ0n) is 15.5. The van der Waals surface area contributed by atoms with E-state index < -0.39 is 5.60 Å². The van der Waals surface area contributed by atoms with E-state index in [9.17, 15) is 4.79 Å². The van der Waals surface area contributed by atoms with Gasteiger partial charge in [-0.05, 0) is 58.1 Å². The molecule has 0 spiro atoms. The number of hydrogen-bond acceptors (Lipinski definition) is 4. The van der Waals surface area contributed by atoms with Gasteiger partial charge in [0.15, 0.2) is 0 Å². The molecule has 1 amide bonds. The van der Waals surface area contributed by atoms with Crippen LogP contribution in [0.2, 0.25) is 0 Å². The highest BCUT2D eigenvalue weighted by molar-refractivity contribution is 5.69. The number of pyridine rings is 1. The molecule has 1 aromatic rings. The Bertz CT molecular complexity index is 522. The third-order valence-electron chi connectivity index (χ3n) is 4.14. The smallest absolute Gasteiger partial charge is 0.410 e. The second-order valence-electron chi connectivity index (χ2n) is 7.44. The van der Waals surface area contributed by atoms with Gasteiger partial charge in [0.25, 0.3) is 0 Å². The Morgan fingerprint density at radius 3 is 2.79 bits per heavy atom. The molecule has 1 atom stereocenters. The van der Waals surface area contributed by atoms with E-state index in [0.717, 1.165) is 56.6 Å². The minimum absolute atomic E-state index is 0.0609. The number of nitrogens with zero attached hydrogens (tertiary/aromatic N) is 2. The highest BCUT2D eigenvalue weighted by Crippen LogP contribution is 2.32. The van der Waals surface area contributed by atoms with Gasteiger partial charge in [-0.2, -0.15) is 0 Å². The van der Waals surface area contributed by atoms with E-state index in [1.807, 2.05) is 37.9 Å². The first-order chi connectivity index (χ1) is 11.4. The molecule has 1 aliphatic heterocycles. The molecule has 134 valence electrons. The molecular formula is C19H31N3O2. The average Bonchev–Trinajstić information content (AvgIpc) is 2.54. The number of carbonyl (C=O) groups is 1. The largest absolute Gasteiger partial charge is 0.444 e. The molecule has 0 saturated carbocycles. The van der Waals surface area contributed by atoms with Crippen LogP contribution in [0.4, 0.5) is 10.6 Å². The van der Waals surface area contributed by atoms with Crippen molar-refractivity contribution >= 4 is 11.9 Å². The number of rotatable bonds is 5. The van der Waals surface area contributed by atoms with Crippen LogP contribution in [0.5, 0.6) is 0 Å². The van der Waals surface area contributed by atoms with E-state index >= 15 is 0 Å². The van der Waals surface area contributed by atoms with Gasteiger partial charge in [0, 0.05) is 19.3 Å². The van der Waals surface area contributed by atoms with Gasteiger partial charge in [0.2, 0.25) is 0 Å². The Balaban J connectivity index is 2.05. The summed E-state index contributed by atoms with van der Waals surface area (Å²) in [7, 11) is 0. The molecule has 0 bridgehead atoms. The van der Waals surface area contributed by atoms with Gasteiger partial charge in [-0.3, -0.25) is 0 Å². The number of piperidine rings is 1. The van der Waals surface area contributed by atoms with Crippen LogP contribution in [0.1, 0.15) is 71.4 Å². The standard InChI is InChI=1S/C19H31N3O2/c1-5-6-12-20-17-11-10-15(14-21-17)16-9-7-8-13-22(16)18(23)24-19(2,3)4/h10-11,14,16H,5-9,12-13H2,1-4H3,(H,20,21)/t16-/m1/s1. The maximum Gasteiger partial charge on any atom is 0.410 e. The van der Waals surface area contributed by atoms with Gasteiger partial charge in [-0.15, -0.1) is 0 Å². The topological polar surface area (TPSA) is 54.5 Å². The highest BCUT2D eigenvalue weighted by Gasteiger charge is 2.31. The van der Waals surface area contributed by atoms with Crippen LogP contribution >= 0.6 is 0 Å².